The SMILES string of the molecule is CC(C)C1(CN(C)C)CCC1. The Bertz CT molecular complexity index is 123. The molecule has 0 aromatic carbocycles. The van der Waals surface area contributed by atoms with Gasteiger partial charge < -0.3 is 4.90 Å². The molecule has 0 aromatic heterocycles. The summed E-state index contributed by atoms with van der Waals surface area (Å²) in [6, 6.07) is 0. The summed E-state index contributed by atoms with van der Waals surface area (Å²) in [5.41, 5.74) is 0.670. The molecule has 1 rings (SSSR count). The Morgan fingerprint density at radius 2 is 1.82 bits per heavy atom. The zero-order valence-corrected chi connectivity index (χ0v) is 8.35. The first-order valence-electron chi connectivity index (χ1n) is 4.71. The van der Waals surface area contributed by atoms with Crippen LogP contribution >= 0.6 is 0 Å². The van der Waals surface area contributed by atoms with Crippen molar-refractivity contribution in [3.05, 3.63) is 0 Å². The van der Waals surface area contributed by atoms with Crippen molar-refractivity contribution < 1.29 is 0 Å². The van der Waals surface area contributed by atoms with Gasteiger partial charge in [-0.3, -0.25) is 0 Å². The predicted molar refractivity (Wildman–Crippen MR) is 49.7 cm³/mol. The molecule has 0 unspecified atom stereocenters. The Morgan fingerprint density at radius 3 is 1.91 bits per heavy atom. The van der Waals surface area contributed by atoms with Gasteiger partial charge in [0.1, 0.15) is 0 Å². The molecule has 0 spiro atoms. The van der Waals surface area contributed by atoms with Crippen LogP contribution in [0.5, 0.6) is 0 Å². The van der Waals surface area contributed by atoms with Crippen LogP contribution in [-0.4, -0.2) is 25.5 Å². The van der Waals surface area contributed by atoms with E-state index in [1.165, 1.54) is 25.8 Å². The Labute approximate surface area is 70.8 Å². The first kappa shape index (κ1) is 9.05. The standard InChI is InChI=1S/C10H21N/c1-9(2)10(6-5-7-10)8-11(3)4/h9H,5-8H2,1-4H3. The van der Waals surface area contributed by atoms with Gasteiger partial charge in [0, 0.05) is 6.54 Å². The lowest BCUT2D eigenvalue weighted by molar-refractivity contribution is 0.0365. The first-order chi connectivity index (χ1) is 5.07. The number of hydrogen-bond acceptors (Lipinski definition) is 1. The van der Waals surface area contributed by atoms with Crippen molar-refractivity contribution in [2.45, 2.75) is 33.1 Å². The lowest BCUT2D eigenvalue weighted by atomic mass is 9.62. The maximum absolute atomic E-state index is 2.36. The van der Waals surface area contributed by atoms with Crippen LogP contribution in [0.2, 0.25) is 0 Å². The molecule has 0 bridgehead atoms. The molecular weight excluding hydrogens is 134 g/mol. The highest BCUT2D eigenvalue weighted by atomic mass is 15.1. The van der Waals surface area contributed by atoms with Crippen LogP contribution in [-0.2, 0) is 0 Å². The molecule has 66 valence electrons. The van der Waals surface area contributed by atoms with Gasteiger partial charge in [0.25, 0.3) is 0 Å². The summed E-state index contributed by atoms with van der Waals surface area (Å²) in [5.74, 6) is 0.860. The molecule has 11 heavy (non-hydrogen) atoms. The highest BCUT2D eigenvalue weighted by Crippen LogP contribution is 2.47. The lowest BCUT2D eigenvalue weighted by Crippen LogP contribution is -2.43. The van der Waals surface area contributed by atoms with Gasteiger partial charge in [-0.2, -0.15) is 0 Å². The van der Waals surface area contributed by atoms with Crippen LogP contribution < -0.4 is 0 Å². The second-order valence-electron chi connectivity index (χ2n) is 4.61. The van der Waals surface area contributed by atoms with Crippen LogP contribution in [0.3, 0.4) is 0 Å². The zero-order valence-electron chi connectivity index (χ0n) is 8.35. The van der Waals surface area contributed by atoms with Gasteiger partial charge in [0.05, 0.1) is 0 Å². The average Bonchev–Trinajstić information content (AvgIpc) is 1.77. The third kappa shape index (κ3) is 1.76. The molecule has 1 heteroatoms. The quantitative estimate of drug-likeness (QED) is 0.605. The topological polar surface area (TPSA) is 3.24 Å². The summed E-state index contributed by atoms with van der Waals surface area (Å²) in [5, 5.41) is 0. The number of hydrogen-bond donors (Lipinski definition) is 0. The Hall–Kier alpha value is -0.0400. The van der Waals surface area contributed by atoms with Crippen LogP contribution in [0.4, 0.5) is 0 Å². The molecule has 1 aliphatic carbocycles. The highest BCUT2D eigenvalue weighted by molar-refractivity contribution is 4.91. The van der Waals surface area contributed by atoms with Gasteiger partial charge in [-0.25, -0.2) is 0 Å². The Balaban J connectivity index is 2.47. The van der Waals surface area contributed by atoms with E-state index < -0.39 is 0 Å². The van der Waals surface area contributed by atoms with E-state index in [2.05, 4.69) is 32.8 Å². The van der Waals surface area contributed by atoms with Crippen LogP contribution in [0.25, 0.3) is 0 Å². The average molecular weight is 155 g/mol. The molecule has 0 saturated heterocycles. The van der Waals surface area contributed by atoms with Crippen LogP contribution in [0, 0.1) is 11.3 Å². The third-order valence-electron chi connectivity index (χ3n) is 3.21. The minimum absolute atomic E-state index is 0.670. The summed E-state index contributed by atoms with van der Waals surface area (Å²) < 4.78 is 0. The van der Waals surface area contributed by atoms with Crippen molar-refractivity contribution in [1.82, 2.24) is 4.90 Å². The summed E-state index contributed by atoms with van der Waals surface area (Å²) in [6.07, 6.45) is 4.34. The maximum Gasteiger partial charge on any atom is 0.00343 e. The Morgan fingerprint density at radius 1 is 1.27 bits per heavy atom. The van der Waals surface area contributed by atoms with Gasteiger partial charge in [0.15, 0.2) is 0 Å². The largest absolute Gasteiger partial charge is 0.309 e. The van der Waals surface area contributed by atoms with Crippen molar-refractivity contribution in [2.75, 3.05) is 20.6 Å². The fourth-order valence-electron chi connectivity index (χ4n) is 2.18. The smallest absolute Gasteiger partial charge is 0.00343 e. The minimum atomic E-state index is 0.670. The van der Waals surface area contributed by atoms with Gasteiger partial charge in [0.2, 0.25) is 0 Å². The fourth-order valence-corrected chi connectivity index (χ4v) is 2.18. The molecule has 0 aliphatic heterocycles. The van der Waals surface area contributed by atoms with E-state index in [1.54, 1.807) is 0 Å². The number of nitrogens with zero attached hydrogens (tertiary/aromatic N) is 1. The second-order valence-corrected chi connectivity index (χ2v) is 4.61. The molecule has 1 fully saturated rings. The summed E-state index contributed by atoms with van der Waals surface area (Å²) in [4.78, 5) is 2.33. The molecule has 0 radical (unpaired) electrons. The normalized spacial score (nSPS) is 22.4. The first-order valence-corrected chi connectivity index (χ1v) is 4.71. The van der Waals surface area contributed by atoms with Crippen molar-refractivity contribution in [2.24, 2.45) is 11.3 Å². The second kappa shape index (κ2) is 3.14. The molecule has 0 aromatic rings. The molecule has 0 heterocycles. The van der Waals surface area contributed by atoms with Crippen LogP contribution in [0.15, 0.2) is 0 Å². The van der Waals surface area contributed by atoms with Gasteiger partial charge in [-0.05, 0) is 38.3 Å². The number of rotatable bonds is 3. The van der Waals surface area contributed by atoms with E-state index in [0.29, 0.717) is 5.41 Å². The van der Waals surface area contributed by atoms with E-state index in [1.807, 2.05) is 0 Å². The molecule has 0 atom stereocenters. The molecule has 0 amide bonds. The lowest BCUT2D eigenvalue weighted by Gasteiger charge is -2.47. The van der Waals surface area contributed by atoms with Crippen molar-refractivity contribution >= 4 is 0 Å². The van der Waals surface area contributed by atoms with E-state index in [0.717, 1.165) is 5.92 Å². The minimum Gasteiger partial charge on any atom is -0.309 e. The monoisotopic (exact) mass is 155 g/mol. The Kier molecular flexibility index (Phi) is 2.58. The van der Waals surface area contributed by atoms with E-state index in [4.69, 9.17) is 0 Å². The van der Waals surface area contributed by atoms with Crippen molar-refractivity contribution in [1.29, 1.82) is 0 Å². The summed E-state index contributed by atoms with van der Waals surface area (Å²) in [7, 11) is 4.37. The molecule has 1 nitrogen and oxygen atoms in total. The van der Waals surface area contributed by atoms with Crippen molar-refractivity contribution in [3.8, 4) is 0 Å². The van der Waals surface area contributed by atoms with E-state index >= 15 is 0 Å². The summed E-state index contributed by atoms with van der Waals surface area (Å²) >= 11 is 0. The predicted octanol–water partition coefficient (Wildman–Crippen LogP) is 2.37. The zero-order chi connectivity index (χ0) is 8.48. The summed E-state index contributed by atoms with van der Waals surface area (Å²) in [6.45, 7) is 6.01. The maximum atomic E-state index is 2.36. The molecule has 0 N–H and O–H groups in total. The fraction of sp³-hybridized carbons (Fsp3) is 1.00. The van der Waals surface area contributed by atoms with E-state index in [-0.39, 0.29) is 0 Å². The van der Waals surface area contributed by atoms with Gasteiger partial charge in [-0.15, -0.1) is 0 Å². The van der Waals surface area contributed by atoms with E-state index in [9.17, 15) is 0 Å². The van der Waals surface area contributed by atoms with Gasteiger partial charge in [-0.1, -0.05) is 20.3 Å². The van der Waals surface area contributed by atoms with Crippen molar-refractivity contribution in [3.63, 3.8) is 0 Å². The molecule has 1 saturated carbocycles. The molecule has 1 aliphatic rings. The van der Waals surface area contributed by atoms with Crippen LogP contribution in [0.1, 0.15) is 33.1 Å². The molecular formula is C10H21N. The highest BCUT2D eigenvalue weighted by Gasteiger charge is 2.39. The van der Waals surface area contributed by atoms with Gasteiger partial charge >= 0.3 is 0 Å². The third-order valence-corrected chi connectivity index (χ3v) is 3.21.